The van der Waals surface area contributed by atoms with Gasteiger partial charge in [0.1, 0.15) is 10.8 Å². The number of halogens is 2. The molecule has 0 spiro atoms. The largest absolute Gasteiger partial charge is 0.390 e. The Labute approximate surface area is 86.5 Å². The van der Waals surface area contributed by atoms with Gasteiger partial charge >= 0.3 is 0 Å². The molecule has 0 amide bonds. The lowest BCUT2D eigenvalue weighted by atomic mass is 10.2. The summed E-state index contributed by atoms with van der Waals surface area (Å²) < 4.78 is 14.9. The molecule has 0 atom stereocenters. The molecule has 62 valence electrons. The van der Waals surface area contributed by atoms with E-state index < -0.39 is 0 Å². The van der Waals surface area contributed by atoms with E-state index in [0.29, 0.717) is 10.4 Å². The van der Waals surface area contributed by atoms with Gasteiger partial charge in [0.05, 0.1) is 3.57 Å². The number of fused-ring (bicyclic) bond motifs is 1. The van der Waals surface area contributed by atoms with Crippen molar-refractivity contribution in [2.45, 2.75) is 0 Å². The fourth-order valence-electron chi connectivity index (χ4n) is 1.09. The minimum atomic E-state index is -0.190. The normalized spacial score (nSPS) is 10.8. The van der Waals surface area contributed by atoms with Crippen molar-refractivity contribution >= 4 is 49.0 Å². The summed E-state index contributed by atoms with van der Waals surface area (Å²) in [6, 6.07) is 5.03. The first-order valence-electron chi connectivity index (χ1n) is 3.32. The molecule has 0 saturated carbocycles. The SMILES string of the molecule is Nc1sc2cccc(F)c2c1I. The van der Waals surface area contributed by atoms with E-state index >= 15 is 0 Å². The van der Waals surface area contributed by atoms with Crippen LogP contribution in [-0.2, 0) is 0 Å². The Balaban J connectivity index is 2.97. The van der Waals surface area contributed by atoms with E-state index in [9.17, 15) is 4.39 Å². The van der Waals surface area contributed by atoms with E-state index in [2.05, 4.69) is 22.6 Å². The van der Waals surface area contributed by atoms with Crippen LogP contribution in [-0.4, -0.2) is 0 Å². The van der Waals surface area contributed by atoms with Crippen LogP contribution in [0.1, 0.15) is 0 Å². The first-order chi connectivity index (χ1) is 5.70. The van der Waals surface area contributed by atoms with Crippen LogP contribution in [0, 0.1) is 9.39 Å². The van der Waals surface area contributed by atoms with Crippen LogP contribution in [0.3, 0.4) is 0 Å². The highest BCUT2D eigenvalue weighted by Gasteiger charge is 2.10. The Kier molecular flexibility index (Phi) is 1.96. The molecule has 0 aliphatic rings. The molecule has 1 aromatic carbocycles. The highest BCUT2D eigenvalue weighted by Crippen LogP contribution is 2.35. The van der Waals surface area contributed by atoms with Crippen molar-refractivity contribution in [1.29, 1.82) is 0 Å². The van der Waals surface area contributed by atoms with Gasteiger partial charge < -0.3 is 5.73 Å². The van der Waals surface area contributed by atoms with Gasteiger partial charge in [-0.05, 0) is 34.7 Å². The van der Waals surface area contributed by atoms with Gasteiger partial charge in [-0.3, -0.25) is 0 Å². The van der Waals surface area contributed by atoms with Crippen LogP contribution >= 0.6 is 33.9 Å². The monoisotopic (exact) mass is 293 g/mol. The lowest BCUT2D eigenvalue weighted by Gasteiger charge is -1.91. The average molecular weight is 293 g/mol. The number of anilines is 1. The maximum absolute atomic E-state index is 13.2. The van der Waals surface area contributed by atoms with Gasteiger partial charge in [0.2, 0.25) is 0 Å². The molecule has 0 saturated heterocycles. The third kappa shape index (κ3) is 1.09. The Morgan fingerprint density at radius 2 is 2.17 bits per heavy atom. The van der Waals surface area contributed by atoms with Crippen molar-refractivity contribution in [3.8, 4) is 0 Å². The summed E-state index contributed by atoms with van der Waals surface area (Å²) in [4.78, 5) is 0. The van der Waals surface area contributed by atoms with Crippen LogP contribution in [0.5, 0.6) is 0 Å². The third-order valence-corrected chi connectivity index (χ3v) is 4.10. The number of rotatable bonds is 0. The quantitative estimate of drug-likeness (QED) is 0.741. The molecule has 0 fully saturated rings. The van der Waals surface area contributed by atoms with Crippen LogP contribution in [0.15, 0.2) is 18.2 Å². The number of nitrogens with two attached hydrogens (primary N) is 1. The number of hydrogen-bond donors (Lipinski definition) is 1. The van der Waals surface area contributed by atoms with Crippen molar-refractivity contribution in [3.05, 3.63) is 27.6 Å². The van der Waals surface area contributed by atoms with Gasteiger partial charge in [0, 0.05) is 10.1 Å². The minimum Gasteiger partial charge on any atom is -0.390 e. The zero-order valence-corrected chi connectivity index (χ0v) is 8.95. The molecule has 0 bridgehead atoms. The summed E-state index contributed by atoms with van der Waals surface area (Å²) in [5.41, 5.74) is 5.67. The van der Waals surface area contributed by atoms with E-state index in [0.717, 1.165) is 8.27 Å². The standard InChI is InChI=1S/C8H5FINS/c9-4-2-1-3-5-6(4)7(10)8(11)12-5/h1-3H,11H2. The van der Waals surface area contributed by atoms with Gasteiger partial charge in [-0.15, -0.1) is 11.3 Å². The van der Waals surface area contributed by atoms with E-state index in [1.54, 1.807) is 6.07 Å². The molecule has 1 nitrogen and oxygen atoms in total. The molecule has 0 unspecified atom stereocenters. The summed E-state index contributed by atoms with van der Waals surface area (Å²) in [6.45, 7) is 0. The highest BCUT2D eigenvalue weighted by molar-refractivity contribution is 14.1. The second-order valence-electron chi connectivity index (χ2n) is 2.39. The number of benzene rings is 1. The lowest BCUT2D eigenvalue weighted by molar-refractivity contribution is 0.640. The number of hydrogen-bond acceptors (Lipinski definition) is 2. The molecular formula is C8H5FINS. The second kappa shape index (κ2) is 2.85. The number of thiophene rings is 1. The Bertz CT molecular complexity index is 438. The average Bonchev–Trinajstić information content (AvgIpc) is 2.29. The van der Waals surface area contributed by atoms with Gasteiger partial charge in [0.25, 0.3) is 0 Å². The topological polar surface area (TPSA) is 26.0 Å². The highest BCUT2D eigenvalue weighted by atomic mass is 127. The molecule has 12 heavy (non-hydrogen) atoms. The Hall–Kier alpha value is -0.360. The van der Waals surface area contributed by atoms with Crippen molar-refractivity contribution in [2.24, 2.45) is 0 Å². The molecule has 2 aromatic rings. The third-order valence-electron chi connectivity index (χ3n) is 1.63. The smallest absolute Gasteiger partial charge is 0.133 e. The van der Waals surface area contributed by atoms with Crippen LogP contribution in [0.25, 0.3) is 10.1 Å². The van der Waals surface area contributed by atoms with Gasteiger partial charge in [0.15, 0.2) is 0 Å². The predicted molar refractivity (Wildman–Crippen MR) is 58.9 cm³/mol. The number of nitrogen functional groups attached to an aromatic ring is 1. The maximum Gasteiger partial charge on any atom is 0.133 e. The summed E-state index contributed by atoms with van der Waals surface area (Å²) in [5, 5.41) is 1.34. The van der Waals surface area contributed by atoms with Gasteiger partial charge in [-0.2, -0.15) is 0 Å². The fraction of sp³-hybridized carbons (Fsp3) is 0. The first-order valence-corrected chi connectivity index (χ1v) is 5.21. The van der Waals surface area contributed by atoms with Gasteiger partial charge in [-0.1, -0.05) is 6.07 Å². The van der Waals surface area contributed by atoms with Crippen molar-refractivity contribution in [1.82, 2.24) is 0 Å². The fourth-order valence-corrected chi connectivity index (χ4v) is 3.03. The lowest BCUT2D eigenvalue weighted by Crippen LogP contribution is -1.81. The molecule has 0 radical (unpaired) electrons. The molecule has 2 rings (SSSR count). The zero-order valence-electron chi connectivity index (χ0n) is 5.97. The second-order valence-corrected chi connectivity index (χ2v) is 4.56. The zero-order chi connectivity index (χ0) is 8.72. The van der Waals surface area contributed by atoms with Gasteiger partial charge in [-0.25, -0.2) is 4.39 Å². The summed E-state index contributed by atoms with van der Waals surface area (Å²) >= 11 is 3.49. The molecule has 2 N–H and O–H groups in total. The summed E-state index contributed by atoms with van der Waals surface area (Å²) in [5.74, 6) is -0.190. The predicted octanol–water partition coefficient (Wildman–Crippen LogP) is 3.23. The summed E-state index contributed by atoms with van der Waals surface area (Å²) in [6.07, 6.45) is 0. The van der Waals surface area contributed by atoms with E-state index in [-0.39, 0.29) is 5.82 Å². The van der Waals surface area contributed by atoms with Crippen molar-refractivity contribution in [2.75, 3.05) is 5.73 Å². The van der Waals surface area contributed by atoms with Crippen LogP contribution < -0.4 is 5.73 Å². The van der Waals surface area contributed by atoms with E-state index in [1.807, 2.05) is 6.07 Å². The van der Waals surface area contributed by atoms with Crippen LogP contribution in [0.4, 0.5) is 9.39 Å². The first kappa shape index (κ1) is 8.25. The molecular weight excluding hydrogens is 288 g/mol. The van der Waals surface area contributed by atoms with E-state index in [4.69, 9.17) is 5.73 Å². The van der Waals surface area contributed by atoms with E-state index in [1.165, 1.54) is 17.4 Å². The minimum absolute atomic E-state index is 0.190. The Morgan fingerprint density at radius 3 is 2.83 bits per heavy atom. The molecule has 0 aliphatic carbocycles. The maximum atomic E-state index is 13.2. The van der Waals surface area contributed by atoms with Crippen molar-refractivity contribution < 1.29 is 4.39 Å². The van der Waals surface area contributed by atoms with Crippen LogP contribution in [0.2, 0.25) is 0 Å². The summed E-state index contributed by atoms with van der Waals surface area (Å²) in [7, 11) is 0. The molecule has 0 aliphatic heterocycles. The Morgan fingerprint density at radius 1 is 1.42 bits per heavy atom. The van der Waals surface area contributed by atoms with Crippen molar-refractivity contribution in [3.63, 3.8) is 0 Å². The molecule has 1 aromatic heterocycles. The molecule has 4 heteroatoms. The molecule has 1 heterocycles.